The molecule has 0 aliphatic heterocycles. The fraction of sp³-hybridized carbons (Fsp3) is 0.105. The molecule has 0 saturated carbocycles. The van der Waals surface area contributed by atoms with Crippen molar-refractivity contribution in [3.63, 3.8) is 0 Å². The maximum Gasteiger partial charge on any atom is 0.200 e. The molecule has 0 aliphatic rings. The Morgan fingerprint density at radius 1 is 0.773 bits per heavy atom. The summed E-state index contributed by atoms with van der Waals surface area (Å²) >= 11 is 0. The molecule has 0 heterocycles. The molecule has 2 rings (SSSR count). The highest BCUT2D eigenvalue weighted by molar-refractivity contribution is 6.12. The quantitative estimate of drug-likeness (QED) is 0.570. The van der Waals surface area contributed by atoms with Gasteiger partial charge < -0.3 is 9.47 Å². The van der Waals surface area contributed by atoms with Crippen LogP contribution in [0, 0.1) is 0 Å². The van der Waals surface area contributed by atoms with Gasteiger partial charge in [-0.25, -0.2) is 0 Å². The van der Waals surface area contributed by atoms with Crippen molar-refractivity contribution in [1.29, 1.82) is 0 Å². The molecule has 0 unspecified atom stereocenters. The van der Waals surface area contributed by atoms with Crippen LogP contribution >= 0.6 is 0 Å². The van der Waals surface area contributed by atoms with Crippen molar-refractivity contribution < 1.29 is 14.3 Å². The molecule has 2 aromatic rings. The minimum atomic E-state index is -0.172. The Bertz CT molecular complexity index is 667. The zero-order chi connectivity index (χ0) is 16.1. The van der Waals surface area contributed by atoms with Crippen LogP contribution in [0.3, 0.4) is 0 Å². The second kappa shape index (κ2) is 6.76. The molecule has 0 aromatic heterocycles. The van der Waals surface area contributed by atoms with Gasteiger partial charge in [0.15, 0.2) is 0 Å². The summed E-state index contributed by atoms with van der Waals surface area (Å²) in [6, 6.07) is 14.1. The predicted octanol–water partition coefficient (Wildman–Crippen LogP) is 4.74. The topological polar surface area (TPSA) is 35.5 Å². The first-order valence-electron chi connectivity index (χ1n) is 6.88. The number of allylic oxidation sites excluding steroid dienone is 2. The van der Waals surface area contributed by atoms with Crippen molar-refractivity contribution >= 4 is 5.78 Å². The van der Waals surface area contributed by atoms with Gasteiger partial charge in [-0.1, -0.05) is 37.4 Å². The van der Waals surface area contributed by atoms with Gasteiger partial charge >= 0.3 is 0 Å². The normalized spacial score (nSPS) is 9.91. The second-order valence-electron chi connectivity index (χ2n) is 4.93. The van der Waals surface area contributed by atoms with Crippen molar-refractivity contribution in [1.82, 2.24) is 0 Å². The third-order valence-corrected chi connectivity index (χ3v) is 2.83. The van der Waals surface area contributed by atoms with Crippen LogP contribution in [0.5, 0.6) is 11.5 Å². The van der Waals surface area contributed by atoms with Crippen LogP contribution in [-0.4, -0.2) is 5.78 Å². The molecular weight excluding hydrogens is 276 g/mol. The van der Waals surface area contributed by atoms with E-state index in [2.05, 4.69) is 13.2 Å². The molecule has 0 N–H and O–H groups in total. The van der Waals surface area contributed by atoms with Crippen molar-refractivity contribution in [2.45, 2.75) is 13.8 Å². The Labute approximate surface area is 130 Å². The largest absolute Gasteiger partial charge is 0.462 e. The van der Waals surface area contributed by atoms with E-state index in [4.69, 9.17) is 9.47 Å². The van der Waals surface area contributed by atoms with E-state index in [1.54, 1.807) is 50.2 Å². The number of hydrogen-bond donors (Lipinski definition) is 0. The average molecular weight is 294 g/mol. The molecule has 0 atom stereocenters. The third kappa shape index (κ3) is 3.64. The average Bonchev–Trinajstić information content (AvgIpc) is 2.46. The summed E-state index contributed by atoms with van der Waals surface area (Å²) in [6.07, 6.45) is 0. The summed E-state index contributed by atoms with van der Waals surface area (Å²) in [5, 5.41) is 0. The summed E-state index contributed by atoms with van der Waals surface area (Å²) in [6.45, 7) is 10.9. The van der Waals surface area contributed by atoms with Crippen LogP contribution in [0.1, 0.15) is 29.8 Å². The summed E-state index contributed by atoms with van der Waals surface area (Å²) < 4.78 is 11.1. The summed E-state index contributed by atoms with van der Waals surface area (Å²) in [7, 11) is 0. The van der Waals surface area contributed by atoms with Gasteiger partial charge in [-0.3, -0.25) is 4.79 Å². The first-order chi connectivity index (χ1) is 10.5. The van der Waals surface area contributed by atoms with E-state index in [1.165, 1.54) is 0 Å². The number of carbonyl (C=O) groups is 1. The van der Waals surface area contributed by atoms with Crippen LogP contribution < -0.4 is 9.47 Å². The Morgan fingerprint density at radius 2 is 1.14 bits per heavy atom. The van der Waals surface area contributed by atoms with Crippen LogP contribution in [-0.2, 0) is 0 Å². The standard InChI is InChI=1S/C19H18O3/c1-13(2)21-17-11-7-5-9-15(17)19(20)16-10-6-8-12-18(16)22-14(3)4/h5-12H,1,3H2,2,4H3. The first kappa shape index (κ1) is 15.6. The Kier molecular flexibility index (Phi) is 4.79. The van der Waals surface area contributed by atoms with E-state index in [-0.39, 0.29) is 5.78 Å². The highest BCUT2D eigenvalue weighted by Gasteiger charge is 2.18. The van der Waals surface area contributed by atoms with Gasteiger partial charge in [0.05, 0.1) is 22.6 Å². The van der Waals surface area contributed by atoms with Crippen LogP contribution in [0.4, 0.5) is 0 Å². The van der Waals surface area contributed by atoms with Gasteiger partial charge in [0.1, 0.15) is 11.5 Å². The van der Waals surface area contributed by atoms with Gasteiger partial charge in [-0.2, -0.15) is 0 Å². The van der Waals surface area contributed by atoms with Gasteiger partial charge in [0.25, 0.3) is 0 Å². The lowest BCUT2D eigenvalue weighted by Crippen LogP contribution is -2.07. The molecular formula is C19H18O3. The summed E-state index contributed by atoms with van der Waals surface area (Å²) in [4.78, 5) is 12.8. The second-order valence-corrected chi connectivity index (χ2v) is 4.93. The molecule has 22 heavy (non-hydrogen) atoms. The first-order valence-corrected chi connectivity index (χ1v) is 6.88. The smallest absolute Gasteiger partial charge is 0.200 e. The number of benzene rings is 2. The van der Waals surface area contributed by atoms with Gasteiger partial charge in [-0.15, -0.1) is 0 Å². The fourth-order valence-electron chi connectivity index (χ4n) is 2.01. The summed E-state index contributed by atoms with van der Waals surface area (Å²) in [5.74, 6) is 1.82. The zero-order valence-electron chi connectivity index (χ0n) is 12.8. The molecule has 0 spiro atoms. The molecule has 0 aliphatic carbocycles. The molecule has 2 aromatic carbocycles. The molecule has 0 amide bonds. The Balaban J connectivity index is 2.45. The van der Waals surface area contributed by atoms with Crippen LogP contribution in [0.25, 0.3) is 0 Å². The van der Waals surface area contributed by atoms with Crippen molar-refractivity contribution in [3.05, 3.63) is 84.3 Å². The highest BCUT2D eigenvalue weighted by atomic mass is 16.5. The van der Waals surface area contributed by atoms with E-state index >= 15 is 0 Å². The Hall–Kier alpha value is -2.81. The molecule has 0 radical (unpaired) electrons. The van der Waals surface area contributed by atoms with E-state index < -0.39 is 0 Å². The molecule has 112 valence electrons. The highest BCUT2D eigenvalue weighted by Crippen LogP contribution is 2.28. The van der Waals surface area contributed by atoms with Crippen molar-refractivity contribution in [2.75, 3.05) is 0 Å². The number of para-hydroxylation sites is 2. The monoisotopic (exact) mass is 294 g/mol. The van der Waals surface area contributed by atoms with E-state index in [9.17, 15) is 4.79 Å². The van der Waals surface area contributed by atoms with Gasteiger partial charge in [0.2, 0.25) is 5.78 Å². The predicted molar refractivity (Wildman–Crippen MR) is 87.2 cm³/mol. The van der Waals surface area contributed by atoms with Gasteiger partial charge in [-0.05, 0) is 38.1 Å². The molecule has 3 heteroatoms. The van der Waals surface area contributed by atoms with Crippen molar-refractivity contribution in [2.24, 2.45) is 0 Å². The van der Waals surface area contributed by atoms with E-state index in [0.29, 0.717) is 34.1 Å². The van der Waals surface area contributed by atoms with E-state index in [1.807, 2.05) is 12.1 Å². The van der Waals surface area contributed by atoms with Crippen LogP contribution in [0.15, 0.2) is 73.2 Å². The van der Waals surface area contributed by atoms with Gasteiger partial charge in [0, 0.05) is 0 Å². The minimum Gasteiger partial charge on any atom is -0.462 e. The lowest BCUT2D eigenvalue weighted by atomic mass is 10.0. The molecule has 0 saturated heterocycles. The number of carbonyl (C=O) groups excluding carboxylic acids is 1. The Morgan fingerprint density at radius 3 is 1.50 bits per heavy atom. The SMILES string of the molecule is C=C(C)Oc1ccccc1C(=O)c1ccccc1OC(=C)C. The molecule has 3 nitrogen and oxygen atoms in total. The van der Waals surface area contributed by atoms with E-state index in [0.717, 1.165) is 0 Å². The third-order valence-electron chi connectivity index (χ3n) is 2.83. The number of ether oxygens (including phenoxy) is 2. The molecule has 0 fully saturated rings. The summed E-state index contributed by atoms with van der Waals surface area (Å²) in [5.41, 5.74) is 0.923. The maximum absolute atomic E-state index is 12.8. The minimum absolute atomic E-state index is 0.172. The zero-order valence-corrected chi connectivity index (χ0v) is 12.8. The van der Waals surface area contributed by atoms with Crippen molar-refractivity contribution in [3.8, 4) is 11.5 Å². The van der Waals surface area contributed by atoms with Crippen LogP contribution in [0.2, 0.25) is 0 Å². The molecule has 0 bridgehead atoms. The maximum atomic E-state index is 12.8. The lowest BCUT2D eigenvalue weighted by Gasteiger charge is -2.13. The number of hydrogen-bond acceptors (Lipinski definition) is 3. The number of rotatable bonds is 6. The number of ketones is 1. The lowest BCUT2D eigenvalue weighted by molar-refractivity contribution is 0.103. The fourth-order valence-corrected chi connectivity index (χ4v) is 2.01.